The number of ether oxygens (including phenoxy) is 3. The van der Waals surface area contributed by atoms with Gasteiger partial charge in [-0.1, -0.05) is 6.08 Å². The Labute approximate surface area is 200 Å². The van der Waals surface area contributed by atoms with Crippen molar-refractivity contribution in [1.82, 2.24) is 0 Å². The lowest BCUT2D eigenvalue weighted by Crippen LogP contribution is -2.60. The lowest BCUT2D eigenvalue weighted by atomic mass is 9.79. The molecule has 0 unspecified atom stereocenters. The number of aromatic hydroxyl groups is 2. The van der Waals surface area contributed by atoms with E-state index in [1.165, 1.54) is 0 Å². The molecule has 12 nitrogen and oxygen atoms in total. The van der Waals surface area contributed by atoms with E-state index in [1.807, 2.05) is 0 Å². The summed E-state index contributed by atoms with van der Waals surface area (Å²) in [7, 11) is 0. The van der Waals surface area contributed by atoms with Gasteiger partial charge in [-0.25, -0.2) is 9.59 Å². The molecule has 1 fully saturated rings. The van der Waals surface area contributed by atoms with Crippen molar-refractivity contribution in [3.05, 3.63) is 29.3 Å². The quantitative estimate of drug-likeness (QED) is 0.249. The average Bonchev–Trinajstić information content (AvgIpc) is 2.79. The molecule has 0 amide bonds. The number of rotatable bonds is 7. The largest absolute Gasteiger partial charge is 0.504 e. The van der Waals surface area contributed by atoms with Crippen LogP contribution in [0.2, 0.25) is 0 Å². The van der Waals surface area contributed by atoms with Gasteiger partial charge >= 0.3 is 11.9 Å². The normalized spacial score (nSPS) is 29.3. The Bertz CT molecular complexity index is 958. The van der Waals surface area contributed by atoms with Crippen LogP contribution in [0, 0.1) is 5.92 Å². The van der Waals surface area contributed by atoms with Gasteiger partial charge in [-0.05, 0) is 51.2 Å². The SMILES string of the molecule is CC(C)(O)[C@H]1CC=C(C(=O)OC[C@H]2O[C@@H](Oc3c(O)cc(C(=O)O)cc3O)[C@@H](O)[C@@H](O)[C@@H]2O)CC1. The summed E-state index contributed by atoms with van der Waals surface area (Å²) in [5.74, 6) is -4.24. The lowest BCUT2D eigenvalue weighted by molar-refractivity contribution is -0.278. The highest BCUT2D eigenvalue weighted by Gasteiger charge is 2.46. The van der Waals surface area contributed by atoms with Gasteiger partial charge < -0.3 is 50.0 Å². The zero-order valence-corrected chi connectivity index (χ0v) is 19.2. The van der Waals surface area contributed by atoms with Crippen molar-refractivity contribution in [2.75, 3.05) is 6.61 Å². The van der Waals surface area contributed by atoms with Gasteiger partial charge in [-0.2, -0.15) is 0 Å². The predicted molar refractivity (Wildman–Crippen MR) is 117 cm³/mol. The molecular formula is C23H30O12. The second-order valence-electron chi connectivity index (χ2n) is 9.23. The second kappa shape index (κ2) is 10.4. The van der Waals surface area contributed by atoms with Crippen LogP contribution < -0.4 is 4.74 Å². The molecule has 194 valence electrons. The molecule has 1 saturated heterocycles. The van der Waals surface area contributed by atoms with Crippen LogP contribution in [0.3, 0.4) is 0 Å². The van der Waals surface area contributed by atoms with E-state index in [0.29, 0.717) is 24.8 Å². The summed E-state index contributed by atoms with van der Waals surface area (Å²) >= 11 is 0. The van der Waals surface area contributed by atoms with Crippen molar-refractivity contribution < 1.29 is 59.5 Å². The number of carboxylic acid groups (broad SMARTS) is 1. The van der Waals surface area contributed by atoms with Crippen LogP contribution in [0.1, 0.15) is 43.5 Å². The number of aromatic carboxylic acids is 1. The number of esters is 1. The third-order valence-corrected chi connectivity index (χ3v) is 6.25. The number of phenols is 2. The molecule has 0 spiro atoms. The summed E-state index contributed by atoms with van der Waals surface area (Å²) in [6.45, 7) is 2.90. The molecule has 1 heterocycles. The van der Waals surface area contributed by atoms with Gasteiger partial charge in [-0.3, -0.25) is 0 Å². The number of benzene rings is 1. The summed E-state index contributed by atoms with van der Waals surface area (Å²) in [4.78, 5) is 23.5. The highest BCUT2D eigenvalue weighted by atomic mass is 16.7. The van der Waals surface area contributed by atoms with Gasteiger partial charge in [0.25, 0.3) is 0 Å². The van der Waals surface area contributed by atoms with E-state index in [-0.39, 0.29) is 5.92 Å². The van der Waals surface area contributed by atoms with Crippen molar-refractivity contribution in [1.29, 1.82) is 0 Å². The highest BCUT2D eigenvalue weighted by Crippen LogP contribution is 2.39. The van der Waals surface area contributed by atoms with Gasteiger partial charge in [-0.15, -0.1) is 0 Å². The number of hydrogen-bond donors (Lipinski definition) is 7. The summed E-state index contributed by atoms with van der Waals surface area (Å²) < 4.78 is 15.9. The van der Waals surface area contributed by atoms with Crippen molar-refractivity contribution in [3.63, 3.8) is 0 Å². The summed E-state index contributed by atoms with van der Waals surface area (Å²) in [6.07, 6.45) is -5.18. The van der Waals surface area contributed by atoms with Gasteiger partial charge in [0.1, 0.15) is 31.0 Å². The first-order valence-corrected chi connectivity index (χ1v) is 11.0. The number of hydrogen-bond acceptors (Lipinski definition) is 11. The molecule has 6 atom stereocenters. The molecule has 1 aliphatic heterocycles. The predicted octanol–water partition coefficient (Wildman–Crippen LogP) is 0.0230. The minimum atomic E-state index is -1.82. The number of phenolic OH excluding ortho intramolecular Hbond substituents is 2. The molecule has 12 heteroatoms. The molecule has 0 aromatic heterocycles. The number of carbonyl (C=O) groups excluding carboxylic acids is 1. The van der Waals surface area contributed by atoms with E-state index in [9.17, 15) is 40.2 Å². The maximum Gasteiger partial charge on any atom is 0.335 e. The first kappa shape index (κ1) is 26.7. The molecule has 1 aliphatic carbocycles. The van der Waals surface area contributed by atoms with Crippen molar-refractivity contribution in [3.8, 4) is 17.2 Å². The van der Waals surface area contributed by atoms with Crippen molar-refractivity contribution in [2.24, 2.45) is 5.92 Å². The average molecular weight is 498 g/mol. The summed E-state index contributed by atoms with van der Waals surface area (Å²) in [5.41, 5.74) is -0.907. The second-order valence-corrected chi connectivity index (χ2v) is 9.23. The number of allylic oxidation sites excluding steroid dienone is 1. The standard InChI is InChI=1S/C23H30O12/c1-23(2,32)12-5-3-10(4-6-12)21(31)33-9-15-16(26)17(27)18(28)22(34-15)35-19-13(24)7-11(20(29)30)8-14(19)25/h3,7-8,12,15-18,22,24-28,32H,4-6,9H2,1-2H3,(H,29,30)/t12-,15+,16+,17-,18-,22-/m0/s1. The Morgan fingerprint density at radius 3 is 2.23 bits per heavy atom. The first-order chi connectivity index (χ1) is 16.3. The molecule has 1 aromatic carbocycles. The number of aliphatic hydroxyl groups is 4. The smallest absolute Gasteiger partial charge is 0.335 e. The maximum absolute atomic E-state index is 12.5. The van der Waals surface area contributed by atoms with Gasteiger partial charge in [0.05, 0.1) is 11.2 Å². The van der Waals surface area contributed by atoms with Gasteiger partial charge in [0, 0.05) is 5.57 Å². The Kier molecular flexibility index (Phi) is 7.92. The van der Waals surface area contributed by atoms with Crippen LogP contribution in [-0.4, -0.2) is 90.6 Å². The number of carbonyl (C=O) groups is 2. The van der Waals surface area contributed by atoms with Crippen LogP contribution in [0.5, 0.6) is 17.2 Å². The van der Waals surface area contributed by atoms with Gasteiger partial charge in [0.2, 0.25) is 12.0 Å². The zero-order chi connectivity index (χ0) is 26.1. The van der Waals surface area contributed by atoms with Crippen LogP contribution in [-0.2, 0) is 14.3 Å². The molecule has 0 radical (unpaired) electrons. The van der Waals surface area contributed by atoms with Crippen LogP contribution in [0.15, 0.2) is 23.8 Å². The Morgan fingerprint density at radius 2 is 1.71 bits per heavy atom. The van der Waals surface area contributed by atoms with E-state index in [1.54, 1.807) is 19.9 Å². The van der Waals surface area contributed by atoms with E-state index in [0.717, 1.165) is 12.1 Å². The van der Waals surface area contributed by atoms with E-state index in [4.69, 9.17) is 19.3 Å². The maximum atomic E-state index is 12.5. The Morgan fingerprint density at radius 1 is 1.09 bits per heavy atom. The van der Waals surface area contributed by atoms with Crippen LogP contribution >= 0.6 is 0 Å². The van der Waals surface area contributed by atoms with Crippen LogP contribution in [0.25, 0.3) is 0 Å². The minimum Gasteiger partial charge on any atom is -0.504 e. The number of carboxylic acids is 1. The van der Waals surface area contributed by atoms with E-state index in [2.05, 4.69) is 0 Å². The molecule has 0 bridgehead atoms. The van der Waals surface area contributed by atoms with Crippen molar-refractivity contribution >= 4 is 11.9 Å². The summed E-state index contributed by atoms with van der Waals surface area (Å²) in [6, 6.07) is 1.61. The zero-order valence-electron chi connectivity index (χ0n) is 19.2. The van der Waals surface area contributed by atoms with E-state index < -0.39 is 77.7 Å². The first-order valence-electron chi connectivity index (χ1n) is 11.0. The molecule has 0 saturated carbocycles. The van der Waals surface area contributed by atoms with Crippen molar-refractivity contribution in [2.45, 2.75) is 69.4 Å². The molecule has 7 N–H and O–H groups in total. The fraction of sp³-hybridized carbons (Fsp3) is 0.565. The van der Waals surface area contributed by atoms with E-state index >= 15 is 0 Å². The third kappa shape index (κ3) is 6.03. The summed E-state index contributed by atoms with van der Waals surface area (Å²) in [5, 5.41) is 69.8. The molecule has 1 aromatic rings. The monoisotopic (exact) mass is 498 g/mol. The highest BCUT2D eigenvalue weighted by molar-refractivity contribution is 5.89. The Balaban J connectivity index is 1.66. The Hall–Kier alpha value is -2.90. The van der Waals surface area contributed by atoms with Crippen LogP contribution in [0.4, 0.5) is 0 Å². The molecule has 2 aliphatic rings. The molecule has 3 rings (SSSR count). The molecule has 35 heavy (non-hydrogen) atoms. The fourth-order valence-electron chi connectivity index (χ4n) is 4.02. The lowest BCUT2D eigenvalue weighted by Gasteiger charge is -2.40. The topological polar surface area (TPSA) is 203 Å². The third-order valence-electron chi connectivity index (χ3n) is 6.25. The molecular weight excluding hydrogens is 468 g/mol. The van der Waals surface area contributed by atoms with Gasteiger partial charge in [0.15, 0.2) is 11.5 Å². The number of aliphatic hydroxyl groups excluding tert-OH is 3. The minimum absolute atomic E-state index is 0.00510. The fourth-order valence-corrected chi connectivity index (χ4v) is 4.02.